The van der Waals surface area contributed by atoms with Crippen molar-refractivity contribution < 1.29 is 4.74 Å². The van der Waals surface area contributed by atoms with Crippen LogP contribution in [-0.4, -0.2) is 24.7 Å². The van der Waals surface area contributed by atoms with Crippen LogP contribution in [0.1, 0.15) is 29.5 Å². The van der Waals surface area contributed by atoms with E-state index in [0.717, 1.165) is 39.1 Å². The van der Waals surface area contributed by atoms with Crippen LogP contribution in [0, 0.1) is 6.92 Å². The topological polar surface area (TPSA) is 37.0 Å². The number of hydrogen-bond donors (Lipinski definition) is 2. The highest BCUT2D eigenvalue weighted by atomic mass is 16.5. The van der Waals surface area contributed by atoms with Gasteiger partial charge in [0.2, 0.25) is 0 Å². The molecule has 0 atom stereocenters. The van der Waals surface area contributed by atoms with Gasteiger partial charge in [-0.25, -0.2) is 0 Å². The SMILES string of the molecule is Cc1ccccc1C1(CNCc2cccc3[nH]ccc23)CCOCC1. The molecule has 0 aliphatic carbocycles. The summed E-state index contributed by atoms with van der Waals surface area (Å²) < 4.78 is 5.67. The largest absolute Gasteiger partial charge is 0.381 e. The van der Waals surface area contributed by atoms with E-state index in [9.17, 15) is 0 Å². The van der Waals surface area contributed by atoms with Crippen molar-refractivity contribution in [3.8, 4) is 0 Å². The molecule has 0 radical (unpaired) electrons. The minimum Gasteiger partial charge on any atom is -0.381 e. The number of aryl methyl sites for hydroxylation is 1. The van der Waals surface area contributed by atoms with Gasteiger partial charge >= 0.3 is 0 Å². The van der Waals surface area contributed by atoms with Crippen molar-refractivity contribution in [2.75, 3.05) is 19.8 Å². The van der Waals surface area contributed by atoms with Crippen molar-refractivity contribution in [1.29, 1.82) is 0 Å². The number of aromatic amines is 1. The molecule has 2 heterocycles. The van der Waals surface area contributed by atoms with E-state index < -0.39 is 0 Å². The molecule has 0 unspecified atom stereocenters. The summed E-state index contributed by atoms with van der Waals surface area (Å²) in [5.41, 5.74) is 5.60. The van der Waals surface area contributed by atoms with E-state index in [1.54, 1.807) is 0 Å². The fourth-order valence-corrected chi connectivity index (χ4v) is 4.21. The first kappa shape index (κ1) is 16.4. The molecule has 1 saturated heterocycles. The number of H-pyrrole nitrogens is 1. The number of rotatable bonds is 5. The third-order valence-corrected chi connectivity index (χ3v) is 5.63. The van der Waals surface area contributed by atoms with Crippen LogP contribution in [0.4, 0.5) is 0 Å². The molecule has 1 aliphatic rings. The van der Waals surface area contributed by atoms with Crippen molar-refractivity contribution in [3.63, 3.8) is 0 Å². The van der Waals surface area contributed by atoms with Gasteiger partial charge in [0.15, 0.2) is 0 Å². The van der Waals surface area contributed by atoms with Gasteiger partial charge < -0.3 is 15.0 Å². The molecule has 0 bridgehead atoms. The Bertz CT molecular complexity index is 846. The Balaban J connectivity index is 1.54. The van der Waals surface area contributed by atoms with Gasteiger partial charge in [0, 0.05) is 48.8 Å². The fraction of sp³-hybridized carbons (Fsp3) is 0.364. The van der Waals surface area contributed by atoms with Gasteiger partial charge in [-0.2, -0.15) is 0 Å². The standard InChI is InChI=1S/C22H26N2O/c1-17-5-2-3-7-20(17)22(10-13-25-14-11-22)16-23-15-18-6-4-8-21-19(18)9-12-24-21/h2-9,12,23-24H,10-11,13-16H2,1H3. The van der Waals surface area contributed by atoms with Gasteiger partial charge in [-0.3, -0.25) is 0 Å². The summed E-state index contributed by atoms with van der Waals surface area (Å²) in [7, 11) is 0. The molecule has 0 spiro atoms. The molecule has 0 amide bonds. The van der Waals surface area contributed by atoms with Crippen molar-refractivity contribution in [2.45, 2.75) is 31.7 Å². The summed E-state index contributed by atoms with van der Waals surface area (Å²) in [5.74, 6) is 0. The summed E-state index contributed by atoms with van der Waals surface area (Å²) in [6.07, 6.45) is 4.18. The van der Waals surface area contributed by atoms with E-state index in [-0.39, 0.29) is 5.41 Å². The Morgan fingerprint density at radius 2 is 1.88 bits per heavy atom. The van der Waals surface area contributed by atoms with Gasteiger partial charge in [-0.15, -0.1) is 0 Å². The van der Waals surface area contributed by atoms with Crippen molar-refractivity contribution in [2.24, 2.45) is 0 Å². The Morgan fingerprint density at radius 1 is 1.04 bits per heavy atom. The third kappa shape index (κ3) is 3.22. The first-order valence-corrected chi connectivity index (χ1v) is 9.18. The monoisotopic (exact) mass is 334 g/mol. The minimum atomic E-state index is 0.176. The van der Waals surface area contributed by atoms with E-state index in [1.165, 1.54) is 27.6 Å². The second-order valence-electron chi connectivity index (χ2n) is 7.17. The normalized spacial score (nSPS) is 17.0. The lowest BCUT2D eigenvalue weighted by atomic mass is 9.72. The molecule has 4 rings (SSSR count). The first-order chi connectivity index (χ1) is 12.3. The van der Waals surface area contributed by atoms with E-state index in [1.807, 2.05) is 6.20 Å². The van der Waals surface area contributed by atoms with Gasteiger partial charge in [0.1, 0.15) is 0 Å². The van der Waals surface area contributed by atoms with Crippen molar-refractivity contribution in [1.82, 2.24) is 10.3 Å². The second-order valence-corrected chi connectivity index (χ2v) is 7.17. The Hall–Kier alpha value is -2.10. The quantitative estimate of drug-likeness (QED) is 0.729. The lowest BCUT2D eigenvalue weighted by Crippen LogP contribution is -2.43. The number of ether oxygens (including phenoxy) is 1. The zero-order chi connectivity index (χ0) is 17.1. The Kier molecular flexibility index (Phi) is 4.60. The van der Waals surface area contributed by atoms with Crippen LogP contribution >= 0.6 is 0 Å². The molecule has 3 heteroatoms. The summed E-state index contributed by atoms with van der Waals surface area (Å²) in [5, 5.41) is 5.06. The lowest BCUT2D eigenvalue weighted by Gasteiger charge is -2.39. The Labute approximate surface area is 149 Å². The van der Waals surface area contributed by atoms with E-state index in [0.29, 0.717) is 0 Å². The van der Waals surface area contributed by atoms with Crippen LogP contribution in [0.25, 0.3) is 10.9 Å². The average Bonchev–Trinajstić information content (AvgIpc) is 3.12. The van der Waals surface area contributed by atoms with Gasteiger partial charge in [-0.1, -0.05) is 36.4 Å². The van der Waals surface area contributed by atoms with Crippen LogP contribution in [0.5, 0.6) is 0 Å². The van der Waals surface area contributed by atoms with E-state index in [2.05, 4.69) is 65.8 Å². The molecule has 130 valence electrons. The van der Waals surface area contributed by atoms with Crippen molar-refractivity contribution >= 4 is 10.9 Å². The lowest BCUT2D eigenvalue weighted by molar-refractivity contribution is 0.0496. The number of aromatic nitrogens is 1. The second kappa shape index (κ2) is 7.03. The molecule has 1 fully saturated rings. The average molecular weight is 334 g/mol. The number of benzene rings is 2. The van der Waals surface area contributed by atoms with Crippen LogP contribution in [-0.2, 0) is 16.7 Å². The molecule has 3 aromatic rings. The van der Waals surface area contributed by atoms with Gasteiger partial charge in [0.05, 0.1) is 0 Å². The maximum Gasteiger partial charge on any atom is 0.0475 e. The smallest absolute Gasteiger partial charge is 0.0475 e. The molecule has 1 aromatic heterocycles. The molecule has 2 aromatic carbocycles. The summed E-state index contributed by atoms with van der Waals surface area (Å²) in [6, 6.07) is 17.5. The molecular weight excluding hydrogens is 308 g/mol. The van der Waals surface area contributed by atoms with Crippen LogP contribution in [0.15, 0.2) is 54.7 Å². The van der Waals surface area contributed by atoms with Crippen LogP contribution < -0.4 is 5.32 Å². The maximum absolute atomic E-state index is 5.67. The highest BCUT2D eigenvalue weighted by molar-refractivity contribution is 5.82. The van der Waals surface area contributed by atoms with Crippen LogP contribution in [0.2, 0.25) is 0 Å². The summed E-state index contributed by atoms with van der Waals surface area (Å²) in [4.78, 5) is 3.30. The van der Waals surface area contributed by atoms with E-state index >= 15 is 0 Å². The van der Waals surface area contributed by atoms with Gasteiger partial charge in [0.25, 0.3) is 0 Å². The molecule has 1 aliphatic heterocycles. The van der Waals surface area contributed by atoms with Crippen LogP contribution in [0.3, 0.4) is 0 Å². The fourth-order valence-electron chi connectivity index (χ4n) is 4.21. The zero-order valence-electron chi connectivity index (χ0n) is 14.8. The molecule has 2 N–H and O–H groups in total. The first-order valence-electron chi connectivity index (χ1n) is 9.18. The van der Waals surface area contributed by atoms with E-state index in [4.69, 9.17) is 4.74 Å². The highest BCUT2D eigenvalue weighted by Gasteiger charge is 2.35. The zero-order valence-corrected chi connectivity index (χ0v) is 14.8. The predicted molar refractivity (Wildman–Crippen MR) is 103 cm³/mol. The van der Waals surface area contributed by atoms with Crippen molar-refractivity contribution in [3.05, 3.63) is 71.4 Å². The van der Waals surface area contributed by atoms with Gasteiger partial charge in [-0.05, 0) is 48.6 Å². The number of hydrogen-bond acceptors (Lipinski definition) is 2. The highest BCUT2D eigenvalue weighted by Crippen LogP contribution is 2.36. The number of fused-ring (bicyclic) bond motifs is 1. The molecule has 25 heavy (non-hydrogen) atoms. The number of nitrogens with one attached hydrogen (secondary N) is 2. The maximum atomic E-state index is 5.67. The summed E-state index contributed by atoms with van der Waals surface area (Å²) >= 11 is 0. The summed E-state index contributed by atoms with van der Waals surface area (Å²) in [6.45, 7) is 5.81. The third-order valence-electron chi connectivity index (χ3n) is 5.63. The molecule has 0 saturated carbocycles. The molecule has 3 nitrogen and oxygen atoms in total. The Morgan fingerprint density at radius 3 is 2.72 bits per heavy atom. The predicted octanol–water partition coefficient (Wildman–Crippen LogP) is 4.31. The minimum absolute atomic E-state index is 0.176. The molecular formula is C22H26N2O.